The molecule has 0 radical (unpaired) electrons. The maximum atomic E-state index is 12.7. The SMILES string of the molecule is Nc1noc(C(F)(F)F)c1-c1ccc(OC(F)F)cc1. The van der Waals surface area contributed by atoms with Gasteiger partial charge in [-0.3, -0.25) is 0 Å². The maximum absolute atomic E-state index is 12.7. The lowest BCUT2D eigenvalue weighted by molar-refractivity contribution is -0.154. The van der Waals surface area contributed by atoms with Crippen molar-refractivity contribution in [2.45, 2.75) is 12.8 Å². The molecule has 20 heavy (non-hydrogen) atoms. The Morgan fingerprint density at radius 3 is 2.25 bits per heavy atom. The molecule has 0 fully saturated rings. The van der Waals surface area contributed by atoms with E-state index in [4.69, 9.17) is 5.73 Å². The first-order valence-electron chi connectivity index (χ1n) is 5.16. The van der Waals surface area contributed by atoms with E-state index in [0.29, 0.717) is 0 Å². The minimum atomic E-state index is -4.77. The number of hydrogen-bond acceptors (Lipinski definition) is 4. The van der Waals surface area contributed by atoms with Gasteiger partial charge in [-0.05, 0) is 17.7 Å². The molecule has 0 atom stereocenters. The first kappa shape index (κ1) is 14.1. The fraction of sp³-hybridized carbons (Fsp3) is 0.182. The van der Waals surface area contributed by atoms with Crippen molar-refractivity contribution in [2.75, 3.05) is 5.73 Å². The third kappa shape index (κ3) is 2.81. The fourth-order valence-corrected chi connectivity index (χ4v) is 1.58. The highest BCUT2D eigenvalue weighted by Gasteiger charge is 2.40. The van der Waals surface area contributed by atoms with Crippen molar-refractivity contribution in [2.24, 2.45) is 0 Å². The molecular weight excluding hydrogens is 287 g/mol. The van der Waals surface area contributed by atoms with E-state index in [2.05, 4.69) is 14.4 Å². The van der Waals surface area contributed by atoms with Crippen LogP contribution in [0.2, 0.25) is 0 Å². The smallest absolute Gasteiger partial charge is 0.435 e. The monoisotopic (exact) mass is 294 g/mol. The summed E-state index contributed by atoms with van der Waals surface area (Å²) < 4.78 is 70.2. The largest absolute Gasteiger partial charge is 0.453 e. The number of nitrogen functional groups attached to an aromatic ring is 1. The highest BCUT2D eigenvalue weighted by molar-refractivity contribution is 5.76. The number of rotatable bonds is 3. The van der Waals surface area contributed by atoms with Gasteiger partial charge in [-0.15, -0.1) is 0 Å². The maximum Gasteiger partial charge on any atom is 0.453 e. The summed E-state index contributed by atoms with van der Waals surface area (Å²) in [5, 5.41) is 3.06. The highest BCUT2D eigenvalue weighted by Crippen LogP contribution is 2.40. The second-order valence-corrected chi connectivity index (χ2v) is 3.67. The first-order valence-corrected chi connectivity index (χ1v) is 5.16. The van der Waals surface area contributed by atoms with Gasteiger partial charge in [-0.2, -0.15) is 22.0 Å². The van der Waals surface area contributed by atoms with Gasteiger partial charge in [0.15, 0.2) is 5.82 Å². The normalized spacial score (nSPS) is 11.9. The molecule has 0 unspecified atom stereocenters. The number of halogens is 5. The fourth-order valence-electron chi connectivity index (χ4n) is 1.58. The summed E-state index contributed by atoms with van der Waals surface area (Å²) in [5.74, 6) is -1.98. The van der Waals surface area contributed by atoms with Gasteiger partial charge in [0.2, 0.25) is 5.76 Å². The van der Waals surface area contributed by atoms with E-state index in [0.717, 1.165) is 24.3 Å². The van der Waals surface area contributed by atoms with Crippen LogP contribution in [-0.4, -0.2) is 11.8 Å². The van der Waals surface area contributed by atoms with Crippen LogP contribution >= 0.6 is 0 Å². The van der Waals surface area contributed by atoms with Crippen LogP contribution in [-0.2, 0) is 6.18 Å². The average Bonchev–Trinajstić information content (AvgIpc) is 2.71. The summed E-state index contributed by atoms with van der Waals surface area (Å²) >= 11 is 0. The number of benzene rings is 1. The Labute approximate surface area is 108 Å². The van der Waals surface area contributed by atoms with Gasteiger partial charge in [0.05, 0.1) is 5.56 Å². The third-order valence-corrected chi connectivity index (χ3v) is 2.34. The summed E-state index contributed by atoms with van der Waals surface area (Å²) in [5.41, 5.74) is 4.91. The average molecular weight is 294 g/mol. The molecule has 0 aliphatic rings. The molecule has 9 heteroatoms. The molecule has 0 spiro atoms. The standard InChI is InChI=1S/C11H7F5N2O2/c12-10(13)19-6-3-1-5(2-4-6)7-8(11(14,15)16)20-18-9(7)17/h1-4,10H,(H2,17,18). The van der Waals surface area contributed by atoms with Crippen molar-refractivity contribution < 1.29 is 31.2 Å². The molecule has 0 bridgehead atoms. The van der Waals surface area contributed by atoms with E-state index in [1.807, 2.05) is 0 Å². The van der Waals surface area contributed by atoms with Crippen molar-refractivity contribution in [3.63, 3.8) is 0 Å². The van der Waals surface area contributed by atoms with Gasteiger partial charge in [-0.25, -0.2) is 0 Å². The zero-order chi connectivity index (χ0) is 14.9. The first-order chi connectivity index (χ1) is 9.29. The van der Waals surface area contributed by atoms with Gasteiger partial charge in [0, 0.05) is 0 Å². The Morgan fingerprint density at radius 2 is 1.75 bits per heavy atom. The molecule has 0 aliphatic heterocycles. The minimum absolute atomic E-state index is 0.0256. The quantitative estimate of drug-likeness (QED) is 0.879. The zero-order valence-corrected chi connectivity index (χ0v) is 9.62. The van der Waals surface area contributed by atoms with E-state index >= 15 is 0 Å². The third-order valence-electron chi connectivity index (χ3n) is 2.34. The predicted octanol–water partition coefficient (Wildman–Crippen LogP) is 3.54. The van der Waals surface area contributed by atoms with Crippen LogP contribution < -0.4 is 10.5 Å². The van der Waals surface area contributed by atoms with E-state index < -0.39 is 29.9 Å². The Balaban J connectivity index is 2.40. The molecule has 0 saturated carbocycles. The van der Waals surface area contributed by atoms with Crippen LogP contribution in [0.4, 0.5) is 27.8 Å². The molecular formula is C11H7F5N2O2. The van der Waals surface area contributed by atoms with E-state index in [-0.39, 0.29) is 11.3 Å². The van der Waals surface area contributed by atoms with Crippen LogP contribution in [0.25, 0.3) is 11.1 Å². The van der Waals surface area contributed by atoms with Crippen LogP contribution in [0.15, 0.2) is 28.8 Å². The van der Waals surface area contributed by atoms with Crippen molar-refractivity contribution >= 4 is 5.82 Å². The van der Waals surface area contributed by atoms with Crippen LogP contribution in [0, 0.1) is 0 Å². The van der Waals surface area contributed by atoms with E-state index in [9.17, 15) is 22.0 Å². The summed E-state index contributed by atoms with van der Waals surface area (Å²) in [6, 6.07) is 4.48. The Kier molecular flexibility index (Phi) is 3.51. The highest BCUT2D eigenvalue weighted by atomic mass is 19.4. The Hall–Kier alpha value is -2.32. The number of anilines is 1. The summed E-state index contributed by atoms with van der Waals surface area (Å²) in [7, 11) is 0. The van der Waals surface area contributed by atoms with Gasteiger partial charge in [0.25, 0.3) is 0 Å². The van der Waals surface area contributed by atoms with E-state index in [1.165, 1.54) is 0 Å². The van der Waals surface area contributed by atoms with Crippen molar-refractivity contribution in [3.8, 4) is 16.9 Å². The second kappa shape index (κ2) is 4.99. The molecule has 0 amide bonds. The summed E-state index contributed by atoms with van der Waals surface area (Å²) in [4.78, 5) is 0. The number of ether oxygens (including phenoxy) is 1. The van der Waals surface area contributed by atoms with Gasteiger partial charge >= 0.3 is 12.8 Å². The van der Waals surface area contributed by atoms with Gasteiger partial charge in [0.1, 0.15) is 5.75 Å². The van der Waals surface area contributed by atoms with Crippen LogP contribution in [0.1, 0.15) is 5.76 Å². The predicted molar refractivity (Wildman–Crippen MR) is 58.0 cm³/mol. The summed E-state index contributed by atoms with van der Waals surface area (Å²) in [6.45, 7) is -3.02. The minimum Gasteiger partial charge on any atom is -0.435 e. The lowest BCUT2D eigenvalue weighted by Crippen LogP contribution is -2.05. The van der Waals surface area contributed by atoms with Crippen molar-refractivity contribution in [1.82, 2.24) is 5.16 Å². The summed E-state index contributed by atoms with van der Waals surface area (Å²) in [6.07, 6.45) is -4.77. The molecule has 1 aromatic carbocycles. The number of nitrogens with two attached hydrogens (primary N) is 1. The number of hydrogen-bond donors (Lipinski definition) is 1. The zero-order valence-electron chi connectivity index (χ0n) is 9.62. The molecule has 1 aromatic heterocycles. The van der Waals surface area contributed by atoms with Crippen molar-refractivity contribution in [3.05, 3.63) is 30.0 Å². The second-order valence-electron chi connectivity index (χ2n) is 3.67. The van der Waals surface area contributed by atoms with Crippen LogP contribution in [0.5, 0.6) is 5.75 Å². The molecule has 4 nitrogen and oxygen atoms in total. The lowest BCUT2D eigenvalue weighted by atomic mass is 10.1. The molecule has 0 aliphatic carbocycles. The van der Waals surface area contributed by atoms with Crippen molar-refractivity contribution in [1.29, 1.82) is 0 Å². The van der Waals surface area contributed by atoms with Crippen LogP contribution in [0.3, 0.4) is 0 Å². The molecule has 2 aromatic rings. The molecule has 1 heterocycles. The van der Waals surface area contributed by atoms with E-state index in [1.54, 1.807) is 0 Å². The van der Waals surface area contributed by atoms with Gasteiger partial charge < -0.3 is 15.0 Å². The Morgan fingerprint density at radius 1 is 1.15 bits per heavy atom. The molecule has 0 saturated heterocycles. The Bertz CT molecular complexity index is 592. The number of nitrogens with zero attached hydrogens (tertiary/aromatic N) is 1. The number of aromatic nitrogens is 1. The molecule has 2 N–H and O–H groups in total. The van der Waals surface area contributed by atoms with Gasteiger partial charge in [-0.1, -0.05) is 17.3 Å². The molecule has 2 rings (SSSR count). The topological polar surface area (TPSA) is 61.3 Å². The number of alkyl halides is 5. The lowest BCUT2D eigenvalue weighted by Gasteiger charge is -2.07. The molecule has 108 valence electrons.